The Balaban J connectivity index is 2.17. The minimum absolute atomic E-state index is 0.0630. The van der Waals surface area contributed by atoms with Crippen LogP contribution in [0, 0.1) is 20.8 Å². The molecule has 0 radical (unpaired) electrons. The molecule has 0 saturated carbocycles. The molecule has 1 N–H and O–H groups in total. The molecule has 0 amide bonds. The Morgan fingerprint density at radius 1 is 1.00 bits per heavy atom. The number of benzene rings is 2. The fourth-order valence-electron chi connectivity index (χ4n) is 3.24. The van der Waals surface area contributed by atoms with Crippen molar-refractivity contribution >= 4 is 20.1 Å². The SMILES string of the molecule is Cc1cc(C)c(S(=O)(=O)NC(/C=C/COS(C)(=O)=O)COCc2ccccc2)c(C)c1. The lowest BCUT2D eigenvalue weighted by Crippen LogP contribution is -2.37. The predicted octanol–water partition coefficient (Wildman–Crippen LogP) is 3.01. The van der Waals surface area contributed by atoms with Crippen LogP contribution in [-0.4, -0.2) is 42.3 Å². The van der Waals surface area contributed by atoms with Crippen molar-refractivity contribution in [2.45, 2.75) is 38.3 Å². The van der Waals surface area contributed by atoms with Gasteiger partial charge < -0.3 is 4.74 Å². The van der Waals surface area contributed by atoms with Crippen molar-refractivity contribution in [2.75, 3.05) is 19.5 Å². The molecule has 7 nitrogen and oxygen atoms in total. The fraction of sp³-hybridized carbons (Fsp3) is 0.364. The van der Waals surface area contributed by atoms with Crippen molar-refractivity contribution in [3.05, 3.63) is 76.9 Å². The first-order valence-corrected chi connectivity index (χ1v) is 13.0. The molecule has 2 aromatic rings. The standard InChI is InChI=1S/C22H29NO6S2/c1-17-13-18(2)22(19(3)14-17)31(26,27)23-21(11-8-12-29-30(4,24)25)16-28-15-20-9-6-5-7-10-20/h5-11,13-14,21,23H,12,15-16H2,1-4H3/b11-8+. The van der Waals surface area contributed by atoms with Crippen LogP contribution in [0.25, 0.3) is 0 Å². The average Bonchev–Trinajstić information content (AvgIpc) is 2.63. The van der Waals surface area contributed by atoms with E-state index in [4.69, 9.17) is 4.74 Å². The number of aryl methyl sites for hydroxylation is 3. The molecule has 31 heavy (non-hydrogen) atoms. The Bertz CT molecular complexity index is 1090. The summed E-state index contributed by atoms with van der Waals surface area (Å²) in [6, 6.07) is 12.4. The molecule has 0 bridgehead atoms. The van der Waals surface area contributed by atoms with Crippen LogP contribution in [0.2, 0.25) is 0 Å². The van der Waals surface area contributed by atoms with Crippen LogP contribution >= 0.6 is 0 Å². The van der Waals surface area contributed by atoms with Crippen LogP contribution in [0.3, 0.4) is 0 Å². The summed E-state index contributed by atoms with van der Waals surface area (Å²) in [5.74, 6) is 0. The largest absolute Gasteiger partial charge is 0.375 e. The summed E-state index contributed by atoms with van der Waals surface area (Å²) in [5.41, 5.74) is 3.24. The highest BCUT2D eigenvalue weighted by Crippen LogP contribution is 2.22. The molecule has 170 valence electrons. The first kappa shape index (κ1) is 25.2. The van der Waals surface area contributed by atoms with E-state index < -0.39 is 26.2 Å². The second-order valence-electron chi connectivity index (χ2n) is 7.37. The molecule has 0 aliphatic carbocycles. The van der Waals surface area contributed by atoms with Gasteiger partial charge in [-0.05, 0) is 37.5 Å². The normalized spacial score (nSPS) is 13.5. The summed E-state index contributed by atoms with van der Waals surface area (Å²) >= 11 is 0. The highest BCUT2D eigenvalue weighted by atomic mass is 32.2. The number of nitrogens with one attached hydrogen (secondary N) is 1. The van der Waals surface area contributed by atoms with E-state index in [1.807, 2.05) is 49.4 Å². The Hall–Kier alpha value is -2.04. The number of ether oxygens (including phenoxy) is 1. The Morgan fingerprint density at radius 3 is 2.19 bits per heavy atom. The van der Waals surface area contributed by atoms with E-state index in [0.29, 0.717) is 17.7 Å². The third kappa shape index (κ3) is 8.54. The molecule has 0 spiro atoms. The molecular weight excluding hydrogens is 438 g/mol. The zero-order valence-electron chi connectivity index (χ0n) is 18.2. The monoisotopic (exact) mass is 467 g/mol. The van der Waals surface area contributed by atoms with Crippen molar-refractivity contribution in [3.8, 4) is 0 Å². The van der Waals surface area contributed by atoms with Crippen LogP contribution < -0.4 is 4.72 Å². The van der Waals surface area contributed by atoms with Gasteiger partial charge in [-0.3, -0.25) is 4.18 Å². The summed E-state index contributed by atoms with van der Waals surface area (Å²) in [5, 5.41) is 0. The highest BCUT2D eigenvalue weighted by molar-refractivity contribution is 7.89. The van der Waals surface area contributed by atoms with Crippen LogP contribution in [0.5, 0.6) is 0 Å². The fourth-order valence-corrected chi connectivity index (χ4v) is 5.19. The molecule has 2 aromatic carbocycles. The maximum atomic E-state index is 13.1. The zero-order chi connectivity index (χ0) is 23.1. The zero-order valence-corrected chi connectivity index (χ0v) is 19.8. The Labute approximate surface area is 185 Å². The van der Waals surface area contributed by atoms with Crippen molar-refractivity contribution in [1.82, 2.24) is 4.72 Å². The van der Waals surface area contributed by atoms with E-state index in [1.165, 1.54) is 12.2 Å². The van der Waals surface area contributed by atoms with E-state index in [9.17, 15) is 16.8 Å². The maximum Gasteiger partial charge on any atom is 0.264 e. The molecule has 0 saturated heterocycles. The molecule has 0 aliphatic heterocycles. The van der Waals surface area contributed by atoms with Gasteiger partial charge in [0, 0.05) is 0 Å². The summed E-state index contributed by atoms with van der Waals surface area (Å²) in [7, 11) is -7.43. The van der Waals surface area contributed by atoms with Crippen LogP contribution in [0.4, 0.5) is 0 Å². The van der Waals surface area contributed by atoms with Gasteiger partial charge in [0.15, 0.2) is 0 Å². The predicted molar refractivity (Wildman–Crippen MR) is 121 cm³/mol. The van der Waals surface area contributed by atoms with Crippen molar-refractivity contribution < 1.29 is 25.8 Å². The molecule has 0 heterocycles. The van der Waals surface area contributed by atoms with Gasteiger partial charge in [-0.15, -0.1) is 0 Å². The summed E-state index contributed by atoms with van der Waals surface area (Å²) in [4.78, 5) is 0.229. The number of sulfonamides is 1. The van der Waals surface area contributed by atoms with Crippen molar-refractivity contribution in [2.24, 2.45) is 0 Å². The van der Waals surface area contributed by atoms with Gasteiger partial charge >= 0.3 is 0 Å². The molecule has 0 aromatic heterocycles. The number of rotatable bonds is 11. The second kappa shape index (κ2) is 11.0. The molecule has 9 heteroatoms. The molecule has 1 unspecified atom stereocenters. The first-order valence-electron chi connectivity index (χ1n) is 9.71. The van der Waals surface area contributed by atoms with Crippen molar-refractivity contribution in [1.29, 1.82) is 0 Å². The molecule has 1 atom stereocenters. The van der Waals surface area contributed by atoms with Gasteiger partial charge in [-0.2, -0.15) is 8.42 Å². The van der Waals surface area contributed by atoms with Gasteiger partial charge in [0.2, 0.25) is 10.0 Å². The number of hydrogen-bond donors (Lipinski definition) is 1. The maximum absolute atomic E-state index is 13.1. The molecule has 0 fully saturated rings. The Kier molecular flexibility index (Phi) is 8.96. The lowest BCUT2D eigenvalue weighted by molar-refractivity contribution is 0.113. The average molecular weight is 468 g/mol. The second-order valence-corrected chi connectivity index (χ2v) is 10.7. The van der Waals surface area contributed by atoms with Gasteiger partial charge in [0.05, 0.1) is 37.0 Å². The van der Waals surface area contributed by atoms with Gasteiger partial charge in [0.1, 0.15) is 0 Å². The van der Waals surface area contributed by atoms with Gasteiger partial charge in [-0.1, -0.05) is 60.2 Å². The summed E-state index contributed by atoms with van der Waals surface area (Å²) in [6.07, 6.45) is 3.94. The van der Waals surface area contributed by atoms with E-state index in [1.54, 1.807) is 13.8 Å². The quantitative estimate of drug-likeness (QED) is 0.403. The van der Waals surface area contributed by atoms with E-state index in [2.05, 4.69) is 8.91 Å². The molecular formula is C22H29NO6S2. The summed E-state index contributed by atoms with van der Waals surface area (Å²) in [6.45, 7) is 5.60. The van der Waals surface area contributed by atoms with Gasteiger partial charge in [0.25, 0.3) is 10.1 Å². The lowest BCUT2D eigenvalue weighted by Gasteiger charge is -2.18. The molecule has 0 aliphatic rings. The van der Waals surface area contributed by atoms with Gasteiger partial charge in [-0.25, -0.2) is 13.1 Å². The van der Waals surface area contributed by atoms with Crippen LogP contribution in [0.1, 0.15) is 22.3 Å². The minimum atomic E-state index is -3.84. The van der Waals surface area contributed by atoms with Crippen LogP contribution in [-0.2, 0) is 35.7 Å². The van der Waals surface area contributed by atoms with Crippen molar-refractivity contribution in [3.63, 3.8) is 0 Å². The van der Waals surface area contributed by atoms with E-state index >= 15 is 0 Å². The lowest BCUT2D eigenvalue weighted by atomic mass is 10.1. The molecule has 2 rings (SSSR count). The van der Waals surface area contributed by atoms with Crippen LogP contribution in [0.15, 0.2) is 59.5 Å². The van der Waals surface area contributed by atoms with E-state index in [-0.39, 0.29) is 18.1 Å². The first-order chi connectivity index (χ1) is 14.5. The minimum Gasteiger partial charge on any atom is -0.375 e. The van der Waals surface area contributed by atoms with E-state index in [0.717, 1.165) is 17.4 Å². The third-order valence-corrected chi connectivity index (χ3v) is 6.69. The third-order valence-electron chi connectivity index (χ3n) is 4.34. The smallest absolute Gasteiger partial charge is 0.264 e. The summed E-state index contributed by atoms with van der Waals surface area (Å²) < 4.78 is 61.5. The topological polar surface area (TPSA) is 98.8 Å². The Morgan fingerprint density at radius 2 is 1.61 bits per heavy atom. The highest BCUT2D eigenvalue weighted by Gasteiger charge is 2.23. The number of hydrogen-bond acceptors (Lipinski definition) is 6.